The molecule has 2 aliphatic heterocycles. The second kappa shape index (κ2) is 7.47. The van der Waals surface area contributed by atoms with Crippen LogP contribution in [0.4, 0.5) is 0 Å². The first-order valence-corrected chi connectivity index (χ1v) is 7.82. The monoisotopic (exact) mass is 403 g/mol. The van der Waals surface area contributed by atoms with Gasteiger partial charge in [-0.15, -0.1) is 24.0 Å². The molecule has 0 aromatic carbocycles. The van der Waals surface area contributed by atoms with Crippen LogP contribution in [0.1, 0.15) is 44.1 Å². The Bertz CT molecular complexity index is 473. The van der Waals surface area contributed by atoms with Crippen LogP contribution in [0.25, 0.3) is 0 Å². The van der Waals surface area contributed by atoms with Gasteiger partial charge >= 0.3 is 0 Å². The van der Waals surface area contributed by atoms with E-state index in [4.69, 9.17) is 5.73 Å². The van der Waals surface area contributed by atoms with Crippen LogP contribution in [0.15, 0.2) is 11.2 Å². The predicted octanol–water partition coefficient (Wildman–Crippen LogP) is 2.38. The summed E-state index contributed by atoms with van der Waals surface area (Å²) in [6, 6.07) is 0. The number of halogens is 1. The fraction of sp³-hybridized carbons (Fsp3) is 0.733. The maximum Gasteiger partial charge on any atom is 0.191 e. The molecule has 21 heavy (non-hydrogen) atoms. The van der Waals surface area contributed by atoms with Crippen molar-refractivity contribution >= 4 is 29.9 Å². The standard InChI is InChI=1S/C15H25N5.HI/c1-12-5-4-8-20(10-12)15(16)17-9-13-11-19-7-3-2-6-14(19)18-13;/h11-12H,2-10H2,1H3,(H2,16,17);1H. The zero-order valence-electron chi connectivity index (χ0n) is 12.8. The second-order valence-electron chi connectivity index (χ2n) is 6.17. The highest BCUT2D eigenvalue weighted by atomic mass is 127. The van der Waals surface area contributed by atoms with E-state index in [0.29, 0.717) is 12.5 Å². The average molecular weight is 403 g/mol. The van der Waals surface area contributed by atoms with Gasteiger partial charge in [-0.3, -0.25) is 0 Å². The largest absolute Gasteiger partial charge is 0.370 e. The van der Waals surface area contributed by atoms with Gasteiger partial charge in [-0.05, 0) is 31.6 Å². The first-order chi connectivity index (χ1) is 9.72. The van der Waals surface area contributed by atoms with E-state index in [-0.39, 0.29) is 24.0 Å². The number of rotatable bonds is 2. The summed E-state index contributed by atoms with van der Waals surface area (Å²) in [4.78, 5) is 11.4. The summed E-state index contributed by atoms with van der Waals surface area (Å²) in [6.45, 7) is 6.07. The molecule has 0 aliphatic carbocycles. The van der Waals surface area contributed by atoms with Crippen molar-refractivity contribution in [3.05, 3.63) is 17.7 Å². The Morgan fingerprint density at radius 2 is 2.24 bits per heavy atom. The van der Waals surface area contributed by atoms with Crippen LogP contribution in [0.3, 0.4) is 0 Å². The number of hydrogen-bond acceptors (Lipinski definition) is 2. The molecule has 1 saturated heterocycles. The average Bonchev–Trinajstić information content (AvgIpc) is 2.87. The third-order valence-electron chi connectivity index (χ3n) is 4.34. The molecule has 0 amide bonds. The molecule has 0 spiro atoms. The SMILES string of the molecule is CC1CCCN(C(N)=NCc2cn3c(n2)CCCC3)C1.I. The van der Waals surface area contributed by atoms with Crippen molar-refractivity contribution in [3.63, 3.8) is 0 Å². The van der Waals surface area contributed by atoms with E-state index in [0.717, 1.165) is 37.7 Å². The Morgan fingerprint density at radius 3 is 3.00 bits per heavy atom. The zero-order valence-corrected chi connectivity index (χ0v) is 15.1. The number of guanidine groups is 1. The molecule has 1 fully saturated rings. The smallest absolute Gasteiger partial charge is 0.191 e. The molecule has 0 saturated carbocycles. The number of imidazole rings is 1. The van der Waals surface area contributed by atoms with Crippen LogP contribution < -0.4 is 5.73 Å². The van der Waals surface area contributed by atoms with Gasteiger partial charge in [0.15, 0.2) is 5.96 Å². The molecule has 1 atom stereocenters. The second-order valence-corrected chi connectivity index (χ2v) is 6.17. The fourth-order valence-electron chi connectivity index (χ4n) is 3.21. The van der Waals surface area contributed by atoms with E-state index in [9.17, 15) is 0 Å². The Morgan fingerprint density at radius 1 is 1.38 bits per heavy atom. The first-order valence-electron chi connectivity index (χ1n) is 7.82. The number of nitrogens with two attached hydrogens (primary N) is 1. The van der Waals surface area contributed by atoms with E-state index in [1.807, 2.05) is 0 Å². The number of nitrogens with zero attached hydrogens (tertiary/aromatic N) is 4. The molecule has 1 aromatic rings. The van der Waals surface area contributed by atoms with Crippen LogP contribution >= 0.6 is 24.0 Å². The Labute approximate surface area is 144 Å². The topological polar surface area (TPSA) is 59.4 Å². The summed E-state index contributed by atoms with van der Waals surface area (Å²) in [5.41, 5.74) is 7.17. The highest BCUT2D eigenvalue weighted by Gasteiger charge is 2.18. The molecule has 2 aliphatic rings. The van der Waals surface area contributed by atoms with E-state index in [1.54, 1.807) is 0 Å². The van der Waals surface area contributed by atoms with Crippen LogP contribution in [0.2, 0.25) is 0 Å². The van der Waals surface area contributed by atoms with Crippen LogP contribution in [0, 0.1) is 5.92 Å². The predicted molar refractivity (Wildman–Crippen MR) is 95.9 cm³/mol. The van der Waals surface area contributed by atoms with Crippen LogP contribution in [0.5, 0.6) is 0 Å². The first kappa shape index (κ1) is 16.6. The van der Waals surface area contributed by atoms with Gasteiger partial charge in [-0.1, -0.05) is 6.92 Å². The number of aliphatic imine (C=N–C) groups is 1. The summed E-state index contributed by atoms with van der Waals surface area (Å²) in [5, 5.41) is 0. The molecule has 1 unspecified atom stereocenters. The van der Waals surface area contributed by atoms with Gasteiger partial charge in [-0.25, -0.2) is 9.98 Å². The zero-order chi connectivity index (χ0) is 13.9. The van der Waals surface area contributed by atoms with E-state index in [1.165, 1.54) is 31.5 Å². The molecule has 2 N–H and O–H groups in total. The Balaban J connectivity index is 0.00000161. The summed E-state index contributed by atoms with van der Waals surface area (Å²) in [7, 11) is 0. The van der Waals surface area contributed by atoms with Gasteiger partial charge in [0.1, 0.15) is 5.82 Å². The van der Waals surface area contributed by atoms with Crippen molar-refractivity contribution in [2.45, 2.75) is 52.1 Å². The van der Waals surface area contributed by atoms with Crippen molar-refractivity contribution in [1.29, 1.82) is 0 Å². The van der Waals surface area contributed by atoms with Crippen molar-refractivity contribution in [2.75, 3.05) is 13.1 Å². The lowest BCUT2D eigenvalue weighted by atomic mass is 10.0. The maximum atomic E-state index is 6.12. The Kier molecular flexibility index (Phi) is 5.89. The van der Waals surface area contributed by atoms with E-state index >= 15 is 0 Å². The number of aromatic nitrogens is 2. The van der Waals surface area contributed by atoms with E-state index < -0.39 is 0 Å². The van der Waals surface area contributed by atoms with Gasteiger partial charge in [0.2, 0.25) is 0 Å². The van der Waals surface area contributed by atoms with Crippen molar-refractivity contribution in [3.8, 4) is 0 Å². The normalized spacial score (nSPS) is 22.6. The van der Waals surface area contributed by atoms with Gasteiger partial charge < -0.3 is 15.2 Å². The lowest BCUT2D eigenvalue weighted by Crippen LogP contribution is -2.43. The maximum absolute atomic E-state index is 6.12. The van der Waals surface area contributed by atoms with E-state index in [2.05, 4.69) is 32.6 Å². The highest BCUT2D eigenvalue weighted by Crippen LogP contribution is 2.16. The third kappa shape index (κ3) is 4.11. The molecule has 3 heterocycles. The number of likely N-dealkylation sites (tertiary alicyclic amines) is 1. The molecule has 3 rings (SSSR count). The molecule has 5 nitrogen and oxygen atoms in total. The van der Waals surface area contributed by atoms with Crippen LogP contribution in [-0.4, -0.2) is 33.5 Å². The molecule has 118 valence electrons. The summed E-state index contributed by atoms with van der Waals surface area (Å²) < 4.78 is 2.27. The lowest BCUT2D eigenvalue weighted by Gasteiger charge is -2.31. The number of aryl methyl sites for hydroxylation is 2. The van der Waals surface area contributed by atoms with Crippen molar-refractivity contribution in [1.82, 2.24) is 14.5 Å². The number of fused-ring (bicyclic) bond motifs is 1. The molecule has 0 radical (unpaired) electrons. The minimum atomic E-state index is 0. The lowest BCUT2D eigenvalue weighted by molar-refractivity contribution is 0.270. The summed E-state index contributed by atoms with van der Waals surface area (Å²) in [6.07, 6.45) is 8.29. The molecular formula is C15H26IN5. The Hall–Kier alpha value is -0.790. The number of hydrogen-bond donors (Lipinski definition) is 1. The van der Waals surface area contributed by atoms with Gasteiger partial charge in [0, 0.05) is 32.3 Å². The molecular weight excluding hydrogens is 377 g/mol. The third-order valence-corrected chi connectivity index (χ3v) is 4.34. The molecule has 6 heteroatoms. The van der Waals surface area contributed by atoms with Gasteiger partial charge in [0.05, 0.1) is 12.2 Å². The summed E-state index contributed by atoms with van der Waals surface area (Å²) >= 11 is 0. The van der Waals surface area contributed by atoms with Gasteiger partial charge in [0.25, 0.3) is 0 Å². The summed E-state index contributed by atoms with van der Waals surface area (Å²) in [5.74, 6) is 2.62. The minimum absolute atomic E-state index is 0. The highest BCUT2D eigenvalue weighted by molar-refractivity contribution is 14.0. The molecule has 1 aromatic heterocycles. The minimum Gasteiger partial charge on any atom is -0.370 e. The van der Waals surface area contributed by atoms with Crippen molar-refractivity contribution < 1.29 is 0 Å². The van der Waals surface area contributed by atoms with Gasteiger partial charge in [-0.2, -0.15) is 0 Å². The molecule has 0 bridgehead atoms. The quantitative estimate of drug-likeness (QED) is 0.469. The number of piperidine rings is 1. The fourth-order valence-corrected chi connectivity index (χ4v) is 3.21. The van der Waals surface area contributed by atoms with Crippen molar-refractivity contribution in [2.24, 2.45) is 16.6 Å². The van der Waals surface area contributed by atoms with Crippen LogP contribution in [-0.2, 0) is 19.5 Å².